The van der Waals surface area contributed by atoms with E-state index in [0.29, 0.717) is 19.4 Å². The number of carbonyl (C=O) groups is 1. The molecular weight excluding hydrogens is 199 g/mol. The number of β-amino-alcohol motifs (C(OH)–C–C–N with tert-alkyl or cyclic N) is 1. The number of rotatable bonds is 1. The normalized spacial score (nSPS) is 23.7. The molecule has 6 heteroatoms. The second kappa shape index (κ2) is 4.16. The molecule has 1 rings (SSSR count). The van der Waals surface area contributed by atoms with Crippen molar-refractivity contribution in [2.24, 2.45) is 0 Å². The minimum Gasteiger partial charge on any atom is -0.391 e. The molecule has 82 valence electrons. The first-order valence-corrected chi connectivity index (χ1v) is 4.41. The van der Waals surface area contributed by atoms with Crippen molar-refractivity contribution in [3.05, 3.63) is 0 Å². The fourth-order valence-electron chi connectivity index (χ4n) is 1.46. The van der Waals surface area contributed by atoms with E-state index >= 15 is 0 Å². The van der Waals surface area contributed by atoms with E-state index in [1.54, 1.807) is 0 Å². The molecule has 1 N–H and O–H groups in total. The largest absolute Gasteiger partial charge is 0.397 e. The van der Waals surface area contributed by atoms with E-state index in [1.165, 1.54) is 0 Å². The molecule has 0 aromatic rings. The van der Waals surface area contributed by atoms with Crippen molar-refractivity contribution in [2.75, 3.05) is 13.1 Å². The molecule has 0 radical (unpaired) electrons. The summed E-state index contributed by atoms with van der Waals surface area (Å²) in [4.78, 5) is 12.1. The van der Waals surface area contributed by atoms with Gasteiger partial charge in [-0.25, -0.2) is 0 Å². The first kappa shape index (κ1) is 11.3. The molecule has 1 atom stereocenters. The monoisotopic (exact) mass is 211 g/mol. The molecule has 1 unspecified atom stereocenters. The topological polar surface area (TPSA) is 40.5 Å². The van der Waals surface area contributed by atoms with Gasteiger partial charge in [-0.1, -0.05) is 0 Å². The summed E-state index contributed by atoms with van der Waals surface area (Å²) >= 11 is 0. The Morgan fingerprint density at radius 2 is 2.14 bits per heavy atom. The van der Waals surface area contributed by atoms with Crippen LogP contribution >= 0.6 is 0 Å². The maximum Gasteiger partial charge on any atom is 0.397 e. The molecule has 1 fully saturated rings. The van der Waals surface area contributed by atoms with Crippen LogP contribution < -0.4 is 0 Å². The predicted octanol–water partition coefficient (Wildman–Crippen LogP) is 0.922. The minimum absolute atomic E-state index is 0.0227. The van der Waals surface area contributed by atoms with Crippen molar-refractivity contribution in [1.29, 1.82) is 0 Å². The Bertz CT molecular complexity index is 217. The maximum absolute atomic E-state index is 11.8. The van der Waals surface area contributed by atoms with E-state index < -0.39 is 24.6 Å². The third-order valence-corrected chi connectivity index (χ3v) is 2.10. The standard InChI is InChI=1S/C8H12F3NO2/c9-8(10,11)4-7(14)12-3-1-2-6(13)5-12/h6,13H,1-5H2. The summed E-state index contributed by atoms with van der Waals surface area (Å²) in [7, 11) is 0. The Morgan fingerprint density at radius 1 is 1.50 bits per heavy atom. The van der Waals surface area contributed by atoms with Gasteiger partial charge in [0, 0.05) is 13.1 Å². The highest BCUT2D eigenvalue weighted by Crippen LogP contribution is 2.22. The SMILES string of the molecule is O=C(CC(F)(F)F)N1CCCC(O)C1. The van der Waals surface area contributed by atoms with Crippen LogP contribution in [-0.4, -0.2) is 41.3 Å². The summed E-state index contributed by atoms with van der Waals surface area (Å²) in [5.41, 5.74) is 0. The summed E-state index contributed by atoms with van der Waals surface area (Å²) in [6.45, 7) is 0.334. The van der Waals surface area contributed by atoms with E-state index in [0.717, 1.165) is 4.90 Å². The molecule has 0 aromatic carbocycles. The molecule has 1 saturated heterocycles. The van der Waals surface area contributed by atoms with Crippen molar-refractivity contribution < 1.29 is 23.1 Å². The summed E-state index contributed by atoms with van der Waals surface area (Å²) in [6, 6.07) is 0. The zero-order chi connectivity index (χ0) is 10.8. The molecule has 3 nitrogen and oxygen atoms in total. The van der Waals surface area contributed by atoms with Gasteiger partial charge >= 0.3 is 6.18 Å². The third-order valence-electron chi connectivity index (χ3n) is 2.10. The number of piperidine rings is 1. The quantitative estimate of drug-likeness (QED) is 0.700. The summed E-state index contributed by atoms with van der Waals surface area (Å²) < 4.78 is 35.5. The highest BCUT2D eigenvalue weighted by Gasteiger charge is 2.34. The number of amides is 1. The third kappa shape index (κ3) is 3.53. The minimum atomic E-state index is -4.46. The van der Waals surface area contributed by atoms with Crippen molar-refractivity contribution in [3.8, 4) is 0 Å². The number of carbonyl (C=O) groups excluding carboxylic acids is 1. The van der Waals surface area contributed by atoms with Crippen molar-refractivity contribution in [1.82, 2.24) is 4.90 Å². The molecule has 1 heterocycles. The molecule has 1 aliphatic heterocycles. The van der Waals surface area contributed by atoms with E-state index in [-0.39, 0.29) is 6.54 Å². The van der Waals surface area contributed by atoms with Crippen LogP contribution in [0.1, 0.15) is 19.3 Å². The number of aliphatic hydroxyl groups is 1. The Hall–Kier alpha value is -0.780. The summed E-state index contributed by atoms with van der Waals surface area (Å²) in [5.74, 6) is -0.948. The van der Waals surface area contributed by atoms with Crippen molar-refractivity contribution >= 4 is 5.91 Å². The van der Waals surface area contributed by atoms with Crippen LogP contribution in [0.4, 0.5) is 13.2 Å². The van der Waals surface area contributed by atoms with Gasteiger partial charge in [-0.05, 0) is 12.8 Å². The van der Waals surface area contributed by atoms with Gasteiger partial charge in [-0.15, -0.1) is 0 Å². The lowest BCUT2D eigenvalue weighted by molar-refractivity contribution is -0.163. The Balaban J connectivity index is 2.44. The molecule has 0 bridgehead atoms. The number of aliphatic hydroxyl groups excluding tert-OH is 1. The van der Waals surface area contributed by atoms with Crippen LogP contribution in [-0.2, 0) is 4.79 Å². The number of alkyl halides is 3. The van der Waals surface area contributed by atoms with E-state index in [2.05, 4.69) is 0 Å². The number of hydrogen-bond acceptors (Lipinski definition) is 2. The van der Waals surface area contributed by atoms with Crippen LogP contribution in [0, 0.1) is 0 Å². The first-order valence-electron chi connectivity index (χ1n) is 4.41. The Labute approximate surface area is 79.5 Å². The van der Waals surface area contributed by atoms with E-state index in [9.17, 15) is 18.0 Å². The average Bonchev–Trinajstić information content (AvgIpc) is 2.01. The lowest BCUT2D eigenvalue weighted by atomic mass is 10.1. The average molecular weight is 211 g/mol. The molecule has 1 amide bonds. The molecule has 0 aliphatic carbocycles. The molecular formula is C8H12F3NO2. The second-order valence-electron chi connectivity index (χ2n) is 3.43. The van der Waals surface area contributed by atoms with Crippen LogP contribution in [0.15, 0.2) is 0 Å². The van der Waals surface area contributed by atoms with Crippen molar-refractivity contribution in [2.45, 2.75) is 31.5 Å². The van der Waals surface area contributed by atoms with Gasteiger partial charge < -0.3 is 10.0 Å². The molecule has 1 aliphatic rings. The van der Waals surface area contributed by atoms with Gasteiger partial charge in [0.05, 0.1) is 6.10 Å². The first-order chi connectivity index (χ1) is 6.38. The molecule has 14 heavy (non-hydrogen) atoms. The fraction of sp³-hybridized carbons (Fsp3) is 0.875. The van der Waals surface area contributed by atoms with E-state index in [1.807, 2.05) is 0 Å². The van der Waals surface area contributed by atoms with Gasteiger partial charge in [0.25, 0.3) is 0 Å². The second-order valence-corrected chi connectivity index (χ2v) is 3.43. The van der Waals surface area contributed by atoms with Gasteiger partial charge in [0.15, 0.2) is 0 Å². The molecule has 0 aromatic heterocycles. The van der Waals surface area contributed by atoms with Gasteiger partial charge in [0.1, 0.15) is 6.42 Å². The number of nitrogens with zero attached hydrogens (tertiary/aromatic N) is 1. The summed E-state index contributed by atoms with van der Waals surface area (Å²) in [5, 5.41) is 9.15. The lowest BCUT2D eigenvalue weighted by Crippen LogP contribution is -2.43. The van der Waals surface area contributed by atoms with Gasteiger partial charge in [-0.2, -0.15) is 13.2 Å². The zero-order valence-corrected chi connectivity index (χ0v) is 7.55. The molecule has 0 saturated carbocycles. The highest BCUT2D eigenvalue weighted by molar-refractivity contribution is 5.76. The van der Waals surface area contributed by atoms with Crippen LogP contribution in [0.2, 0.25) is 0 Å². The number of hydrogen-bond donors (Lipinski definition) is 1. The number of likely N-dealkylation sites (tertiary alicyclic amines) is 1. The highest BCUT2D eigenvalue weighted by atomic mass is 19.4. The predicted molar refractivity (Wildman–Crippen MR) is 42.5 cm³/mol. The van der Waals surface area contributed by atoms with Crippen LogP contribution in [0.3, 0.4) is 0 Å². The maximum atomic E-state index is 11.8. The Kier molecular flexibility index (Phi) is 3.36. The van der Waals surface area contributed by atoms with Gasteiger partial charge in [0.2, 0.25) is 5.91 Å². The molecule has 0 spiro atoms. The summed E-state index contributed by atoms with van der Waals surface area (Å²) in [6.07, 6.45) is -5.46. The van der Waals surface area contributed by atoms with Crippen molar-refractivity contribution in [3.63, 3.8) is 0 Å². The zero-order valence-electron chi connectivity index (χ0n) is 7.55. The fourth-order valence-corrected chi connectivity index (χ4v) is 1.46. The smallest absolute Gasteiger partial charge is 0.391 e. The lowest BCUT2D eigenvalue weighted by Gasteiger charge is -2.30. The van der Waals surface area contributed by atoms with E-state index in [4.69, 9.17) is 5.11 Å². The number of halogens is 3. The van der Waals surface area contributed by atoms with Crippen LogP contribution in [0.25, 0.3) is 0 Å². The Morgan fingerprint density at radius 3 is 2.64 bits per heavy atom. The van der Waals surface area contributed by atoms with Gasteiger partial charge in [-0.3, -0.25) is 4.79 Å². The van der Waals surface area contributed by atoms with Crippen LogP contribution in [0.5, 0.6) is 0 Å².